The molecule has 19 heavy (non-hydrogen) atoms. The Morgan fingerprint density at radius 2 is 2.00 bits per heavy atom. The number of anilines is 3. The summed E-state index contributed by atoms with van der Waals surface area (Å²) in [5, 5.41) is 3.10. The minimum Gasteiger partial charge on any atom is -0.481 e. The lowest BCUT2D eigenvalue weighted by atomic mass is 10.1. The van der Waals surface area contributed by atoms with Crippen LogP contribution in [0.15, 0.2) is 36.5 Å². The van der Waals surface area contributed by atoms with E-state index in [9.17, 15) is 4.79 Å². The molecule has 1 aromatic heterocycles. The molecule has 5 N–H and O–H groups in total. The number of carbonyl (C=O) groups excluding carboxylic acids is 1. The third-order valence-electron chi connectivity index (χ3n) is 2.55. The van der Waals surface area contributed by atoms with Crippen molar-refractivity contribution in [2.45, 2.75) is 0 Å². The number of hydrogen-bond acceptors (Lipinski definition) is 5. The van der Waals surface area contributed by atoms with Crippen molar-refractivity contribution in [1.29, 1.82) is 0 Å². The van der Waals surface area contributed by atoms with Gasteiger partial charge in [0.05, 0.1) is 24.6 Å². The predicted molar refractivity (Wildman–Crippen MR) is 73.4 cm³/mol. The average molecular weight is 258 g/mol. The molecule has 2 rings (SSSR count). The van der Waals surface area contributed by atoms with E-state index in [0.29, 0.717) is 17.3 Å². The minimum absolute atomic E-state index is 0.284. The van der Waals surface area contributed by atoms with Crippen molar-refractivity contribution >= 4 is 23.0 Å². The number of primary amides is 1. The van der Waals surface area contributed by atoms with Crippen LogP contribution in [0, 0.1) is 0 Å². The van der Waals surface area contributed by atoms with Crippen LogP contribution in [-0.4, -0.2) is 18.0 Å². The number of amides is 1. The van der Waals surface area contributed by atoms with Gasteiger partial charge in [0, 0.05) is 17.4 Å². The van der Waals surface area contributed by atoms with Crippen LogP contribution in [0.3, 0.4) is 0 Å². The highest BCUT2D eigenvalue weighted by Crippen LogP contribution is 2.21. The van der Waals surface area contributed by atoms with Gasteiger partial charge in [-0.2, -0.15) is 0 Å². The van der Waals surface area contributed by atoms with Crippen molar-refractivity contribution in [3.8, 4) is 5.88 Å². The minimum atomic E-state index is -0.561. The maximum Gasteiger partial charge on any atom is 0.250 e. The molecule has 0 spiro atoms. The van der Waals surface area contributed by atoms with E-state index in [1.807, 2.05) is 6.07 Å². The Balaban J connectivity index is 2.22. The van der Waals surface area contributed by atoms with Crippen LogP contribution in [0.2, 0.25) is 0 Å². The Morgan fingerprint density at radius 3 is 2.58 bits per heavy atom. The van der Waals surface area contributed by atoms with Crippen molar-refractivity contribution in [2.75, 3.05) is 18.2 Å². The highest BCUT2D eigenvalue weighted by molar-refractivity contribution is 5.99. The number of hydrogen-bond donors (Lipinski definition) is 3. The normalized spacial score (nSPS) is 9.95. The molecule has 6 heteroatoms. The van der Waals surface area contributed by atoms with Gasteiger partial charge in [0.1, 0.15) is 0 Å². The number of pyridine rings is 1. The largest absolute Gasteiger partial charge is 0.481 e. The standard InChI is InChI=1S/C13H14N4O2/c1-19-12-5-3-9(7-16-12)17-8-2-4-11(14)10(6-8)13(15)18/h2-7,17H,14H2,1H3,(H2,15,18). The van der Waals surface area contributed by atoms with Crippen LogP contribution in [0.5, 0.6) is 5.88 Å². The van der Waals surface area contributed by atoms with Gasteiger partial charge in [-0.15, -0.1) is 0 Å². The maximum atomic E-state index is 11.2. The zero-order valence-corrected chi connectivity index (χ0v) is 10.4. The first-order valence-electron chi connectivity index (χ1n) is 5.56. The summed E-state index contributed by atoms with van der Waals surface area (Å²) in [5.41, 5.74) is 13.0. The van der Waals surface area contributed by atoms with E-state index in [0.717, 1.165) is 5.69 Å². The number of nitrogens with zero attached hydrogens (tertiary/aromatic N) is 1. The summed E-state index contributed by atoms with van der Waals surface area (Å²) in [4.78, 5) is 15.3. The van der Waals surface area contributed by atoms with Crippen LogP contribution in [0.4, 0.5) is 17.1 Å². The SMILES string of the molecule is COc1ccc(Nc2ccc(N)c(C(N)=O)c2)cn1. The second-order valence-corrected chi connectivity index (χ2v) is 3.88. The fourth-order valence-electron chi connectivity index (χ4n) is 1.59. The molecule has 98 valence electrons. The predicted octanol–water partition coefficient (Wildman–Crippen LogP) is 1.51. The molecule has 2 aromatic rings. The van der Waals surface area contributed by atoms with Crippen molar-refractivity contribution in [3.63, 3.8) is 0 Å². The Morgan fingerprint density at radius 1 is 1.26 bits per heavy atom. The van der Waals surface area contributed by atoms with Gasteiger partial charge >= 0.3 is 0 Å². The molecule has 0 unspecified atom stereocenters. The Kier molecular flexibility index (Phi) is 3.51. The van der Waals surface area contributed by atoms with E-state index in [2.05, 4.69) is 10.3 Å². The summed E-state index contributed by atoms with van der Waals surface area (Å²) in [6.45, 7) is 0. The van der Waals surface area contributed by atoms with Gasteiger partial charge in [0.25, 0.3) is 5.91 Å². The van der Waals surface area contributed by atoms with Crippen molar-refractivity contribution < 1.29 is 9.53 Å². The topological polar surface area (TPSA) is 103 Å². The average Bonchev–Trinajstić information content (AvgIpc) is 2.41. The second-order valence-electron chi connectivity index (χ2n) is 3.88. The van der Waals surface area contributed by atoms with Crippen LogP contribution >= 0.6 is 0 Å². The summed E-state index contributed by atoms with van der Waals surface area (Å²) in [7, 11) is 1.55. The number of aromatic nitrogens is 1. The first kappa shape index (κ1) is 12.7. The van der Waals surface area contributed by atoms with Crippen LogP contribution < -0.4 is 21.5 Å². The van der Waals surface area contributed by atoms with E-state index < -0.39 is 5.91 Å². The highest BCUT2D eigenvalue weighted by atomic mass is 16.5. The number of carbonyl (C=O) groups is 1. The maximum absolute atomic E-state index is 11.2. The second kappa shape index (κ2) is 5.26. The van der Waals surface area contributed by atoms with Crippen molar-refractivity contribution in [1.82, 2.24) is 4.98 Å². The summed E-state index contributed by atoms with van der Waals surface area (Å²) in [5.74, 6) is -0.0327. The van der Waals surface area contributed by atoms with E-state index in [4.69, 9.17) is 16.2 Å². The molecule has 0 aliphatic heterocycles. The molecule has 1 aromatic carbocycles. The summed E-state index contributed by atoms with van der Waals surface area (Å²) < 4.78 is 4.97. The molecule has 1 amide bonds. The molecule has 0 radical (unpaired) electrons. The lowest BCUT2D eigenvalue weighted by Gasteiger charge is -2.09. The Bertz CT molecular complexity index is 596. The van der Waals surface area contributed by atoms with Gasteiger partial charge in [-0.05, 0) is 24.3 Å². The number of rotatable bonds is 4. The third kappa shape index (κ3) is 2.92. The Labute approximate surface area is 110 Å². The molecule has 0 fully saturated rings. The first-order chi connectivity index (χ1) is 9.10. The molecule has 1 heterocycles. The number of nitrogens with two attached hydrogens (primary N) is 2. The van der Waals surface area contributed by atoms with Crippen LogP contribution in [-0.2, 0) is 0 Å². The number of ether oxygens (including phenoxy) is 1. The Hall–Kier alpha value is -2.76. The van der Waals surface area contributed by atoms with Gasteiger partial charge in [0.15, 0.2) is 0 Å². The van der Waals surface area contributed by atoms with E-state index in [1.54, 1.807) is 37.6 Å². The zero-order chi connectivity index (χ0) is 13.8. The zero-order valence-electron chi connectivity index (χ0n) is 10.4. The molecule has 0 bridgehead atoms. The van der Waals surface area contributed by atoms with Crippen LogP contribution in [0.1, 0.15) is 10.4 Å². The quantitative estimate of drug-likeness (QED) is 0.721. The summed E-state index contributed by atoms with van der Waals surface area (Å²) >= 11 is 0. The van der Waals surface area contributed by atoms with E-state index >= 15 is 0 Å². The fourth-order valence-corrected chi connectivity index (χ4v) is 1.59. The lowest BCUT2D eigenvalue weighted by molar-refractivity contribution is 0.100. The number of nitrogen functional groups attached to an aromatic ring is 1. The molecule has 0 saturated heterocycles. The number of nitrogens with one attached hydrogen (secondary N) is 1. The van der Waals surface area contributed by atoms with Crippen LogP contribution in [0.25, 0.3) is 0 Å². The van der Waals surface area contributed by atoms with Gasteiger partial charge < -0.3 is 21.5 Å². The smallest absolute Gasteiger partial charge is 0.250 e. The monoisotopic (exact) mass is 258 g/mol. The molecular formula is C13H14N4O2. The summed E-state index contributed by atoms with van der Waals surface area (Å²) in [6.07, 6.45) is 1.62. The van der Waals surface area contributed by atoms with Crippen molar-refractivity contribution in [3.05, 3.63) is 42.1 Å². The van der Waals surface area contributed by atoms with Gasteiger partial charge in [0.2, 0.25) is 5.88 Å². The van der Waals surface area contributed by atoms with Gasteiger partial charge in [-0.25, -0.2) is 4.98 Å². The summed E-state index contributed by atoms with van der Waals surface area (Å²) in [6, 6.07) is 8.52. The molecule has 0 aliphatic carbocycles. The molecule has 0 atom stereocenters. The first-order valence-corrected chi connectivity index (χ1v) is 5.56. The number of methoxy groups -OCH3 is 1. The van der Waals surface area contributed by atoms with E-state index in [1.165, 1.54) is 0 Å². The van der Waals surface area contributed by atoms with Gasteiger partial charge in [-0.1, -0.05) is 0 Å². The lowest BCUT2D eigenvalue weighted by Crippen LogP contribution is -2.13. The third-order valence-corrected chi connectivity index (χ3v) is 2.55. The van der Waals surface area contributed by atoms with Crippen molar-refractivity contribution in [2.24, 2.45) is 5.73 Å². The molecule has 6 nitrogen and oxygen atoms in total. The molecule has 0 saturated carbocycles. The van der Waals surface area contributed by atoms with Gasteiger partial charge in [-0.3, -0.25) is 4.79 Å². The molecule has 0 aliphatic rings. The number of benzene rings is 1. The molecular weight excluding hydrogens is 244 g/mol. The van der Waals surface area contributed by atoms with E-state index in [-0.39, 0.29) is 5.56 Å². The fraction of sp³-hybridized carbons (Fsp3) is 0.0769. The highest BCUT2D eigenvalue weighted by Gasteiger charge is 2.07.